The fraction of sp³-hybridized carbons (Fsp3) is 0. The van der Waals surface area contributed by atoms with Crippen LogP contribution in [0.25, 0.3) is 32.3 Å². The summed E-state index contributed by atoms with van der Waals surface area (Å²) in [5, 5.41) is 7.46. The summed E-state index contributed by atoms with van der Waals surface area (Å²) >= 11 is 0. The fourth-order valence-corrected chi connectivity index (χ4v) is 6.43. The number of hydrogen-bond donors (Lipinski definition) is 0. The van der Waals surface area contributed by atoms with Crippen LogP contribution >= 0.6 is 0 Å². The molecular weight excluding hydrogens is 532 g/mol. The number of rotatable bonds is 6. The largest absolute Gasteiger partial charge is 0.308 e. The summed E-state index contributed by atoms with van der Waals surface area (Å²) in [5.41, 5.74) is 6.64. The number of hydrogen-bond acceptors (Lipinski definition) is 2. The average Bonchev–Trinajstić information content (AvgIpc) is 3.10. The Morgan fingerprint density at radius 1 is 0.250 bits per heavy atom. The van der Waals surface area contributed by atoms with Gasteiger partial charge >= 0.3 is 0 Å². The third-order valence-electron chi connectivity index (χ3n) is 8.40. The Labute approximate surface area is 257 Å². The highest BCUT2D eigenvalue weighted by Gasteiger charge is 2.25. The molecule has 0 bridgehead atoms. The lowest BCUT2D eigenvalue weighted by Gasteiger charge is -2.34. The maximum atomic E-state index is 2.41. The van der Waals surface area contributed by atoms with E-state index in [1.807, 2.05) is 0 Å². The molecule has 0 amide bonds. The van der Waals surface area contributed by atoms with E-state index in [0.29, 0.717) is 0 Å². The third kappa shape index (κ3) is 4.45. The molecule has 0 aliphatic rings. The molecule has 208 valence electrons. The molecule has 0 atom stereocenters. The lowest BCUT2D eigenvalue weighted by Crippen LogP contribution is -2.17. The first-order chi connectivity index (χ1) is 21.9. The molecule has 0 aliphatic heterocycles. The maximum Gasteiger partial charge on any atom is 0.0781 e. The Kier molecular flexibility index (Phi) is 6.51. The van der Waals surface area contributed by atoms with Crippen molar-refractivity contribution in [2.45, 2.75) is 0 Å². The van der Waals surface area contributed by atoms with Gasteiger partial charge in [0.2, 0.25) is 0 Å². The van der Waals surface area contributed by atoms with Crippen molar-refractivity contribution < 1.29 is 0 Å². The van der Waals surface area contributed by atoms with Gasteiger partial charge in [-0.3, -0.25) is 0 Å². The van der Waals surface area contributed by atoms with Gasteiger partial charge in [0.1, 0.15) is 0 Å². The second-order valence-electron chi connectivity index (χ2n) is 11.0. The number of fused-ring (bicyclic) bond motifs is 5. The van der Waals surface area contributed by atoms with Gasteiger partial charge in [0, 0.05) is 28.1 Å². The van der Waals surface area contributed by atoms with Crippen molar-refractivity contribution in [3.05, 3.63) is 182 Å². The zero-order valence-corrected chi connectivity index (χ0v) is 24.2. The number of anilines is 6. The predicted octanol–water partition coefficient (Wildman–Crippen LogP) is 12.1. The molecule has 0 heterocycles. The fourth-order valence-electron chi connectivity index (χ4n) is 6.43. The van der Waals surface area contributed by atoms with Crippen molar-refractivity contribution >= 4 is 66.4 Å². The second-order valence-corrected chi connectivity index (χ2v) is 11.0. The molecule has 0 unspecified atom stereocenters. The first-order valence-electron chi connectivity index (χ1n) is 15.0. The number of benzene rings is 8. The van der Waals surface area contributed by atoms with Crippen LogP contribution in [-0.2, 0) is 0 Å². The molecule has 0 spiro atoms. The van der Waals surface area contributed by atoms with E-state index in [-0.39, 0.29) is 0 Å². The standard InChI is InChI=1S/C42H30N2/c1-5-16-32(17-6-1)43(33-18-7-2-8-19-33)41-30-29-39-38-26-25-31-15-13-14-24-36(31)37(38)27-28-40(39)42(41)44(34-20-9-3-10-21-34)35-22-11-4-12-23-35/h1-30H. The minimum atomic E-state index is 1.10. The molecule has 0 radical (unpaired) electrons. The molecule has 2 heteroatoms. The topological polar surface area (TPSA) is 6.48 Å². The molecule has 0 saturated heterocycles. The van der Waals surface area contributed by atoms with E-state index in [1.165, 1.54) is 32.3 Å². The van der Waals surface area contributed by atoms with Gasteiger partial charge in [-0.05, 0) is 81.5 Å². The van der Waals surface area contributed by atoms with Gasteiger partial charge in [0.15, 0.2) is 0 Å². The molecule has 8 rings (SSSR count). The van der Waals surface area contributed by atoms with Crippen LogP contribution in [0.5, 0.6) is 0 Å². The van der Waals surface area contributed by atoms with Crippen molar-refractivity contribution in [2.75, 3.05) is 9.80 Å². The van der Waals surface area contributed by atoms with E-state index in [2.05, 4.69) is 192 Å². The summed E-state index contributed by atoms with van der Waals surface area (Å²) in [6, 6.07) is 65.1. The molecular formula is C42H30N2. The van der Waals surface area contributed by atoms with Crippen LogP contribution in [0.15, 0.2) is 182 Å². The highest BCUT2D eigenvalue weighted by atomic mass is 15.2. The Hall–Kier alpha value is -5.86. The van der Waals surface area contributed by atoms with Gasteiger partial charge in [0.05, 0.1) is 11.4 Å². The monoisotopic (exact) mass is 562 g/mol. The summed E-state index contributed by atoms with van der Waals surface area (Å²) in [7, 11) is 0. The van der Waals surface area contributed by atoms with Crippen molar-refractivity contribution in [3.63, 3.8) is 0 Å². The van der Waals surface area contributed by atoms with Crippen molar-refractivity contribution in [3.8, 4) is 0 Å². The van der Waals surface area contributed by atoms with Crippen molar-refractivity contribution in [1.82, 2.24) is 0 Å². The van der Waals surface area contributed by atoms with E-state index < -0.39 is 0 Å². The van der Waals surface area contributed by atoms with Gasteiger partial charge in [-0.15, -0.1) is 0 Å². The quantitative estimate of drug-likeness (QED) is 0.186. The smallest absolute Gasteiger partial charge is 0.0781 e. The minimum Gasteiger partial charge on any atom is -0.308 e. The molecule has 0 saturated carbocycles. The highest BCUT2D eigenvalue weighted by molar-refractivity contribution is 6.21. The minimum absolute atomic E-state index is 1.10. The summed E-state index contributed by atoms with van der Waals surface area (Å²) in [5.74, 6) is 0. The van der Waals surface area contributed by atoms with Crippen LogP contribution in [0.2, 0.25) is 0 Å². The molecule has 2 nitrogen and oxygen atoms in total. The van der Waals surface area contributed by atoms with Crippen molar-refractivity contribution in [2.24, 2.45) is 0 Å². The Bertz CT molecular complexity index is 2130. The van der Waals surface area contributed by atoms with Crippen molar-refractivity contribution in [1.29, 1.82) is 0 Å². The van der Waals surface area contributed by atoms with Crippen LogP contribution in [0.4, 0.5) is 34.1 Å². The Balaban J connectivity index is 1.51. The highest BCUT2D eigenvalue weighted by Crippen LogP contribution is 2.50. The SMILES string of the molecule is c1ccc(N(c2ccccc2)c2ccc3c(ccc4c5ccccc5ccc34)c2N(c2ccccc2)c2ccccc2)cc1. The predicted molar refractivity (Wildman–Crippen MR) is 188 cm³/mol. The number of nitrogens with zero attached hydrogens (tertiary/aromatic N) is 2. The molecule has 44 heavy (non-hydrogen) atoms. The van der Waals surface area contributed by atoms with Crippen LogP contribution in [0, 0.1) is 0 Å². The van der Waals surface area contributed by atoms with E-state index in [1.54, 1.807) is 0 Å². The zero-order chi connectivity index (χ0) is 29.3. The van der Waals surface area contributed by atoms with E-state index >= 15 is 0 Å². The number of para-hydroxylation sites is 4. The summed E-state index contributed by atoms with van der Waals surface area (Å²) in [4.78, 5) is 4.78. The summed E-state index contributed by atoms with van der Waals surface area (Å²) in [6.07, 6.45) is 0. The average molecular weight is 563 g/mol. The maximum absolute atomic E-state index is 2.41. The van der Waals surface area contributed by atoms with E-state index in [9.17, 15) is 0 Å². The van der Waals surface area contributed by atoms with Crippen LogP contribution in [0.1, 0.15) is 0 Å². The third-order valence-corrected chi connectivity index (χ3v) is 8.40. The molecule has 0 aromatic heterocycles. The molecule has 0 aliphatic carbocycles. The molecule has 8 aromatic carbocycles. The van der Waals surface area contributed by atoms with Gasteiger partial charge < -0.3 is 9.80 Å². The van der Waals surface area contributed by atoms with Gasteiger partial charge in [-0.2, -0.15) is 0 Å². The molecule has 0 N–H and O–H groups in total. The van der Waals surface area contributed by atoms with Gasteiger partial charge in [-0.25, -0.2) is 0 Å². The summed E-state index contributed by atoms with van der Waals surface area (Å²) < 4.78 is 0. The normalized spacial score (nSPS) is 11.2. The van der Waals surface area contributed by atoms with Crippen LogP contribution < -0.4 is 9.80 Å². The lowest BCUT2D eigenvalue weighted by molar-refractivity contribution is 1.24. The second kappa shape index (κ2) is 11.1. The molecule has 8 aromatic rings. The zero-order valence-electron chi connectivity index (χ0n) is 24.2. The first kappa shape index (κ1) is 25.8. The summed E-state index contributed by atoms with van der Waals surface area (Å²) in [6.45, 7) is 0. The van der Waals surface area contributed by atoms with Gasteiger partial charge in [-0.1, -0.05) is 127 Å². The van der Waals surface area contributed by atoms with Gasteiger partial charge in [0.25, 0.3) is 0 Å². The van der Waals surface area contributed by atoms with E-state index in [0.717, 1.165) is 34.1 Å². The first-order valence-corrected chi connectivity index (χ1v) is 15.0. The van der Waals surface area contributed by atoms with E-state index in [4.69, 9.17) is 0 Å². The lowest BCUT2D eigenvalue weighted by atomic mass is 9.95. The molecule has 0 fully saturated rings. The van der Waals surface area contributed by atoms with Crippen LogP contribution in [-0.4, -0.2) is 0 Å². The van der Waals surface area contributed by atoms with Crippen LogP contribution in [0.3, 0.4) is 0 Å². The Morgan fingerprint density at radius 2 is 0.636 bits per heavy atom. The Morgan fingerprint density at radius 3 is 1.20 bits per heavy atom.